The predicted octanol–water partition coefficient (Wildman–Crippen LogP) is 4.69. The summed E-state index contributed by atoms with van der Waals surface area (Å²) < 4.78 is 0. The van der Waals surface area contributed by atoms with E-state index in [1.54, 1.807) is 0 Å². The van der Waals surface area contributed by atoms with Crippen LogP contribution < -0.4 is 5.32 Å². The van der Waals surface area contributed by atoms with E-state index in [1.165, 1.54) is 16.7 Å². The summed E-state index contributed by atoms with van der Waals surface area (Å²) in [6.07, 6.45) is 1.28. The van der Waals surface area contributed by atoms with Crippen molar-refractivity contribution in [2.24, 2.45) is 0 Å². The van der Waals surface area contributed by atoms with Crippen LogP contribution in [0, 0.1) is 6.92 Å². The van der Waals surface area contributed by atoms with Gasteiger partial charge < -0.3 is 5.32 Å². The van der Waals surface area contributed by atoms with Crippen molar-refractivity contribution in [2.45, 2.75) is 39.5 Å². The molecule has 0 atom stereocenters. The van der Waals surface area contributed by atoms with E-state index in [0.29, 0.717) is 12.3 Å². The zero-order valence-electron chi connectivity index (χ0n) is 13.0. The normalized spacial score (nSPS) is 10.7. The summed E-state index contributed by atoms with van der Waals surface area (Å²) in [4.78, 5) is 12.0. The van der Waals surface area contributed by atoms with Gasteiger partial charge in [-0.25, -0.2) is 0 Å². The first kappa shape index (κ1) is 15.3. The van der Waals surface area contributed by atoms with Gasteiger partial charge in [0, 0.05) is 12.1 Å². The fourth-order valence-corrected chi connectivity index (χ4v) is 2.19. The number of anilines is 1. The van der Waals surface area contributed by atoms with Gasteiger partial charge in [-0.2, -0.15) is 0 Å². The van der Waals surface area contributed by atoms with Crippen molar-refractivity contribution < 1.29 is 4.79 Å². The average molecular weight is 281 g/mol. The Morgan fingerprint density at radius 1 is 1.00 bits per heavy atom. The van der Waals surface area contributed by atoms with Crippen LogP contribution in [0.15, 0.2) is 48.5 Å². The molecule has 0 unspecified atom stereocenters. The summed E-state index contributed by atoms with van der Waals surface area (Å²) in [7, 11) is 0. The maximum Gasteiger partial charge on any atom is 0.224 e. The van der Waals surface area contributed by atoms with Gasteiger partial charge in [0.2, 0.25) is 5.91 Å². The Kier molecular flexibility index (Phi) is 5.15. The number of nitrogens with one attached hydrogen (secondary N) is 1. The Bertz CT molecular complexity index is 582. The van der Waals surface area contributed by atoms with Crippen molar-refractivity contribution in [3.05, 3.63) is 65.2 Å². The summed E-state index contributed by atoms with van der Waals surface area (Å²) in [5, 5.41) is 2.95. The average Bonchev–Trinajstić information content (AvgIpc) is 2.47. The fourth-order valence-electron chi connectivity index (χ4n) is 2.19. The van der Waals surface area contributed by atoms with Crippen molar-refractivity contribution in [3.63, 3.8) is 0 Å². The molecule has 21 heavy (non-hydrogen) atoms. The Hall–Kier alpha value is -2.09. The van der Waals surface area contributed by atoms with Crippen molar-refractivity contribution in [1.82, 2.24) is 0 Å². The highest BCUT2D eigenvalue weighted by Gasteiger charge is 2.04. The van der Waals surface area contributed by atoms with Crippen LogP contribution in [0.4, 0.5) is 5.69 Å². The first-order valence-electron chi connectivity index (χ1n) is 7.50. The van der Waals surface area contributed by atoms with Gasteiger partial charge in [0.25, 0.3) is 0 Å². The van der Waals surface area contributed by atoms with Crippen LogP contribution in [0.2, 0.25) is 0 Å². The number of carbonyl (C=O) groups is 1. The zero-order chi connectivity index (χ0) is 15.2. The third-order valence-corrected chi connectivity index (χ3v) is 3.62. The van der Waals surface area contributed by atoms with Gasteiger partial charge in [0.1, 0.15) is 0 Å². The predicted molar refractivity (Wildman–Crippen MR) is 88.7 cm³/mol. The topological polar surface area (TPSA) is 29.1 Å². The molecule has 0 radical (unpaired) electrons. The molecule has 0 saturated heterocycles. The molecule has 2 rings (SSSR count). The van der Waals surface area contributed by atoms with Gasteiger partial charge in [-0.15, -0.1) is 0 Å². The molecule has 110 valence electrons. The van der Waals surface area contributed by atoms with Crippen LogP contribution in [0.1, 0.15) is 42.9 Å². The summed E-state index contributed by atoms with van der Waals surface area (Å²) in [5.74, 6) is 0.573. The van der Waals surface area contributed by atoms with E-state index < -0.39 is 0 Å². The fraction of sp³-hybridized carbons (Fsp3) is 0.316. The molecule has 0 aliphatic heterocycles. The zero-order valence-corrected chi connectivity index (χ0v) is 13.0. The highest BCUT2D eigenvalue weighted by Crippen LogP contribution is 2.17. The standard InChI is InChI=1S/C19H23NO/c1-14(2)17-9-11-18(12-10-17)20-19(21)13-8-16-6-4-15(3)5-7-16/h4-7,9-12,14H,8,13H2,1-3H3,(H,20,21). The Morgan fingerprint density at radius 3 is 2.19 bits per heavy atom. The van der Waals surface area contributed by atoms with Gasteiger partial charge in [0.15, 0.2) is 0 Å². The minimum atomic E-state index is 0.0628. The molecule has 1 N–H and O–H groups in total. The monoisotopic (exact) mass is 281 g/mol. The van der Waals surface area contributed by atoms with Gasteiger partial charge in [-0.1, -0.05) is 55.8 Å². The minimum absolute atomic E-state index is 0.0628. The largest absolute Gasteiger partial charge is 0.326 e. The minimum Gasteiger partial charge on any atom is -0.326 e. The lowest BCUT2D eigenvalue weighted by Crippen LogP contribution is -2.12. The molecule has 0 aliphatic rings. The van der Waals surface area contributed by atoms with E-state index in [0.717, 1.165) is 12.1 Å². The van der Waals surface area contributed by atoms with Crippen LogP contribution in [-0.4, -0.2) is 5.91 Å². The van der Waals surface area contributed by atoms with E-state index in [1.807, 2.05) is 12.1 Å². The van der Waals surface area contributed by atoms with Gasteiger partial charge in [-0.3, -0.25) is 4.79 Å². The molecule has 0 aliphatic carbocycles. The third-order valence-electron chi connectivity index (χ3n) is 3.62. The van der Waals surface area contributed by atoms with Crippen molar-refractivity contribution in [1.29, 1.82) is 0 Å². The first-order chi connectivity index (χ1) is 10.0. The lowest BCUT2D eigenvalue weighted by Gasteiger charge is -2.08. The Morgan fingerprint density at radius 2 is 1.62 bits per heavy atom. The summed E-state index contributed by atoms with van der Waals surface area (Å²) in [5.41, 5.74) is 4.60. The molecule has 0 aromatic heterocycles. The molecule has 2 aromatic rings. The smallest absolute Gasteiger partial charge is 0.224 e. The number of benzene rings is 2. The molecule has 2 aromatic carbocycles. The van der Waals surface area contributed by atoms with E-state index in [4.69, 9.17) is 0 Å². The molecule has 0 saturated carbocycles. The number of amides is 1. The van der Waals surface area contributed by atoms with Crippen LogP contribution in [0.25, 0.3) is 0 Å². The second-order valence-corrected chi connectivity index (χ2v) is 5.81. The second-order valence-electron chi connectivity index (χ2n) is 5.81. The van der Waals surface area contributed by atoms with Crippen LogP contribution in [-0.2, 0) is 11.2 Å². The number of aryl methyl sites for hydroxylation is 2. The van der Waals surface area contributed by atoms with Gasteiger partial charge in [-0.05, 0) is 42.5 Å². The lowest BCUT2D eigenvalue weighted by molar-refractivity contribution is -0.116. The number of carbonyl (C=O) groups excluding carboxylic acids is 1. The van der Waals surface area contributed by atoms with Gasteiger partial charge >= 0.3 is 0 Å². The molecule has 0 fully saturated rings. The van der Waals surface area contributed by atoms with Gasteiger partial charge in [0.05, 0.1) is 0 Å². The number of rotatable bonds is 5. The summed E-state index contributed by atoms with van der Waals surface area (Å²) in [6.45, 7) is 6.39. The highest BCUT2D eigenvalue weighted by atomic mass is 16.1. The maximum absolute atomic E-state index is 12.0. The molecule has 0 heterocycles. The highest BCUT2D eigenvalue weighted by molar-refractivity contribution is 5.90. The SMILES string of the molecule is Cc1ccc(CCC(=O)Nc2ccc(C(C)C)cc2)cc1. The van der Waals surface area contributed by atoms with Crippen molar-refractivity contribution in [2.75, 3.05) is 5.32 Å². The molecule has 0 bridgehead atoms. The maximum atomic E-state index is 12.0. The Labute approximate surface area is 127 Å². The summed E-state index contributed by atoms with van der Waals surface area (Å²) >= 11 is 0. The third kappa shape index (κ3) is 4.75. The van der Waals surface area contributed by atoms with E-state index in [2.05, 4.69) is 62.5 Å². The lowest BCUT2D eigenvalue weighted by atomic mass is 10.0. The van der Waals surface area contributed by atoms with E-state index in [-0.39, 0.29) is 5.91 Å². The molecule has 1 amide bonds. The van der Waals surface area contributed by atoms with E-state index in [9.17, 15) is 4.79 Å². The van der Waals surface area contributed by atoms with Crippen molar-refractivity contribution >= 4 is 11.6 Å². The first-order valence-corrected chi connectivity index (χ1v) is 7.50. The summed E-state index contributed by atoms with van der Waals surface area (Å²) in [6, 6.07) is 16.4. The molecule has 0 spiro atoms. The quantitative estimate of drug-likeness (QED) is 0.846. The number of hydrogen-bond acceptors (Lipinski definition) is 1. The van der Waals surface area contributed by atoms with Crippen molar-refractivity contribution in [3.8, 4) is 0 Å². The molecule has 2 nitrogen and oxygen atoms in total. The van der Waals surface area contributed by atoms with Crippen LogP contribution in [0.5, 0.6) is 0 Å². The van der Waals surface area contributed by atoms with E-state index >= 15 is 0 Å². The molecular weight excluding hydrogens is 258 g/mol. The number of hydrogen-bond donors (Lipinski definition) is 1. The second kappa shape index (κ2) is 7.07. The molecular formula is C19H23NO. The van der Waals surface area contributed by atoms with Crippen LogP contribution in [0.3, 0.4) is 0 Å². The Balaban J connectivity index is 1.85. The van der Waals surface area contributed by atoms with Crippen LogP contribution >= 0.6 is 0 Å². The molecule has 2 heteroatoms.